The predicted molar refractivity (Wildman–Crippen MR) is 79.0 cm³/mol. The molecule has 0 saturated heterocycles. The normalized spacial score (nSPS) is 9.76. The van der Waals surface area contributed by atoms with Crippen molar-refractivity contribution in [3.8, 4) is 16.9 Å². The molecule has 0 spiro atoms. The van der Waals surface area contributed by atoms with Crippen molar-refractivity contribution in [2.24, 2.45) is 0 Å². The topological polar surface area (TPSA) is 52.6 Å². The second kappa shape index (κ2) is 6.52. The summed E-state index contributed by atoms with van der Waals surface area (Å²) in [7, 11) is 1.35. The fourth-order valence-electron chi connectivity index (χ4n) is 1.79. The van der Waals surface area contributed by atoms with Gasteiger partial charge in [-0.05, 0) is 35.4 Å². The van der Waals surface area contributed by atoms with Crippen LogP contribution in [0.25, 0.3) is 11.1 Å². The van der Waals surface area contributed by atoms with Gasteiger partial charge in [0.2, 0.25) is 0 Å². The number of rotatable bonds is 4. The van der Waals surface area contributed by atoms with Gasteiger partial charge in [-0.2, -0.15) is 0 Å². The van der Waals surface area contributed by atoms with Gasteiger partial charge in [-0.1, -0.05) is 30.8 Å². The Morgan fingerprint density at radius 3 is 1.95 bits per heavy atom. The average molecular weight is 282 g/mol. The maximum absolute atomic E-state index is 11.4. The molecule has 0 heterocycles. The third kappa shape index (κ3) is 3.57. The molecule has 0 N–H and O–H groups in total. The molecule has 2 aromatic rings. The summed E-state index contributed by atoms with van der Waals surface area (Å²) in [5, 5.41) is 0. The largest absolute Gasteiger partial charge is 0.465 e. The van der Waals surface area contributed by atoms with Crippen LogP contribution in [0.1, 0.15) is 10.4 Å². The number of benzene rings is 2. The first-order valence-corrected chi connectivity index (χ1v) is 6.27. The minimum Gasteiger partial charge on any atom is -0.465 e. The first-order chi connectivity index (χ1) is 10.1. The van der Waals surface area contributed by atoms with Crippen molar-refractivity contribution in [1.29, 1.82) is 0 Å². The Kier molecular flexibility index (Phi) is 4.51. The number of esters is 2. The number of carbonyl (C=O) groups excluding carboxylic acids is 2. The van der Waals surface area contributed by atoms with Crippen LogP contribution in [0.5, 0.6) is 5.75 Å². The molecular weight excluding hydrogens is 268 g/mol. The molecule has 0 radical (unpaired) electrons. The summed E-state index contributed by atoms with van der Waals surface area (Å²) in [5.41, 5.74) is 2.40. The van der Waals surface area contributed by atoms with Crippen LogP contribution in [-0.2, 0) is 9.53 Å². The van der Waals surface area contributed by atoms with E-state index in [4.69, 9.17) is 4.74 Å². The van der Waals surface area contributed by atoms with Crippen LogP contribution in [0.4, 0.5) is 0 Å². The van der Waals surface area contributed by atoms with Gasteiger partial charge in [0.25, 0.3) is 0 Å². The predicted octanol–water partition coefficient (Wildman–Crippen LogP) is 3.23. The van der Waals surface area contributed by atoms with Crippen molar-refractivity contribution < 1.29 is 19.1 Å². The molecule has 0 atom stereocenters. The zero-order valence-corrected chi connectivity index (χ0v) is 11.5. The lowest BCUT2D eigenvalue weighted by Gasteiger charge is -2.05. The molecule has 0 unspecified atom stereocenters. The summed E-state index contributed by atoms with van der Waals surface area (Å²) in [6.07, 6.45) is 1.11. The number of methoxy groups -OCH3 is 1. The first-order valence-electron chi connectivity index (χ1n) is 6.27. The minimum absolute atomic E-state index is 0.367. The molecule has 0 amide bonds. The van der Waals surface area contributed by atoms with E-state index in [0.717, 1.165) is 17.2 Å². The van der Waals surface area contributed by atoms with E-state index in [1.807, 2.05) is 24.3 Å². The van der Waals surface area contributed by atoms with E-state index in [-0.39, 0.29) is 5.97 Å². The van der Waals surface area contributed by atoms with E-state index in [2.05, 4.69) is 11.3 Å². The van der Waals surface area contributed by atoms with Gasteiger partial charge in [-0.3, -0.25) is 0 Å². The molecule has 2 aromatic carbocycles. The van der Waals surface area contributed by atoms with Gasteiger partial charge < -0.3 is 9.47 Å². The lowest BCUT2D eigenvalue weighted by atomic mass is 10.0. The van der Waals surface area contributed by atoms with Crippen LogP contribution < -0.4 is 4.74 Å². The number of hydrogen-bond acceptors (Lipinski definition) is 4. The fourth-order valence-corrected chi connectivity index (χ4v) is 1.79. The van der Waals surface area contributed by atoms with Gasteiger partial charge in [0.05, 0.1) is 12.7 Å². The van der Waals surface area contributed by atoms with Gasteiger partial charge in [0.15, 0.2) is 0 Å². The number of ether oxygens (including phenoxy) is 2. The Hall–Kier alpha value is -2.88. The van der Waals surface area contributed by atoms with Crippen molar-refractivity contribution >= 4 is 11.9 Å². The van der Waals surface area contributed by atoms with Crippen molar-refractivity contribution in [2.45, 2.75) is 0 Å². The van der Waals surface area contributed by atoms with E-state index in [0.29, 0.717) is 11.3 Å². The molecule has 0 aromatic heterocycles. The van der Waals surface area contributed by atoms with Gasteiger partial charge in [0.1, 0.15) is 5.75 Å². The van der Waals surface area contributed by atoms with Crippen LogP contribution >= 0.6 is 0 Å². The summed E-state index contributed by atoms with van der Waals surface area (Å²) in [5.74, 6) is -0.409. The summed E-state index contributed by atoms with van der Waals surface area (Å²) in [4.78, 5) is 22.4. The Morgan fingerprint density at radius 1 is 0.952 bits per heavy atom. The van der Waals surface area contributed by atoms with Gasteiger partial charge in [-0.15, -0.1) is 0 Å². The summed E-state index contributed by atoms with van der Waals surface area (Å²) < 4.78 is 9.65. The molecule has 2 rings (SSSR count). The first kappa shape index (κ1) is 14.5. The highest BCUT2D eigenvalue weighted by Gasteiger charge is 2.06. The van der Waals surface area contributed by atoms with Crippen molar-refractivity contribution in [3.05, 3.63) is 66.7 Å². The van der Waals surface area contributed by atoms with Crippen molar-refractivity contribution in [1.82, 2.24) is 0 Å². The minimum atomic E-state index is -0.495. The lowest BCUT2D eigenvalue weighted by molar-refractivity contribution is -0.128. The quantitative estimate of drug-likeness (QED) is 0.491. The Balaban J connectivity index is 2.16. The lowest BCUT2D eigenvalue weighted by Crippen LogP contribution is -2.02. The van der Waals surface area contributed by atoms with E-state index >= 15 is 0 Å². The third-order valence-electron chi connectivity index (χ3n) is 2.88. The number of hydrogen-bond donors (Lipinski definition) is 0. The van der Waals surface area contributed by atoms with Gasteiger partial charge in [0, 0.05) is 6.08 Å². The molecule has 0 aliphatic carbocycles. The van der Waals surface area contributed by atoms with Crippen molar-refractivity contribution in [2.75, 3.05) is 7.11 Å². The van der Waals surface area contributed by atoms with E-state index in [9.17, 15) is 9.59 Å². The standard InChI is InChI=1S/C17H14O4/c1-3-16(18)21-15-10-8-13(9-11-15)12-4-6-14(7-5-12)17(19)20-2/h3-11H,1H2,2H3. The fraction of sp³-hybridized carbons (Fsp3) is 0.0588. The zero-order valence-electron chi connectivity index (χ0n) is 11.5. The molecule has 0 bridgehead atoms. The van der Waals surface area contributed by atoms with Gasteiger partial charge in [-0.25, -0.2) is 9.59 Å². The maximum Gasteiger partial charge on any atom is 0.337 e. The van der Waals surface area contributed by atoms with Crippen LogP contribution in [0.15, 0.2) is 61.2 Å². The molecular formula is C17H14O4. The highest BCUT2D eigenvalue weighted by Crippen LogP contribution is 2.23. The molecule has 0 saturated carbocycles. The maximum atomic E-state index is 11.4. The second-order valence-electron chi connectivity index (χ2n) is 4.22. The van der Waals surface area contributed by atoms with Crippen molar-refractivity contribution in [3.63, 3.8) is 0 Å². The Morgan fingerprint density at radius 2 is 1.48 bits per heavy atom. The molecule has 4 nitrogen and oxygen atoms in total. The summed E-state index contributed by atoms with van der Waals surface area (Å²) in [6.45, 7) is 3.34. The van der Waals surface area contributed by atoms with Crippen LogP contribution in [-0.4, -0.2) is 19.0 Å². The third-order valence-corrected chi connectivity index (χ3v) is 2.88. The smallest absolute Gasteiger partial charge is 0.337 e. The van der Waals surface area contributed by atoms with Crippen LogP contribution in [0, 0.1) is 0 Å². The SMILES string of the molecule is C=CC(=O)Oc1ccc(-c2ccc(C(=O)OC)cc2)cc1. The van der Waals surface area contributed by atoms with Crippen LogP contribution in [0.2, 0.25) is 0 Å². The average Bonchev–Trinajstić information content (AvgIpc) is 2.55. The molecule has 4 heteroatoms. The molecule has 0 fully saturated rings. The number of carbonyl (C=O) groups is 2. The highest BCUT2D eigenvalue weighted by atomic mass is 16.5. The molecule has 0 aliphatic heterocycles. The second-order valence-corrected chi connectivity index (χ2v) is 4.22. The summed E-state index contributed by atoms with van der Waals surface area (Å²) >= 11 is 0. The zero-order chi connectivity index (χ0) is 15.2. The van der Waals surface area contributed by atoms with Gasteiger partial charge >= 0.3 is 11.9 Å². The summed E-state index contributed by atoms with van der Waals surface area (Å²) in [6, 6.07) is 14.1. The molecule has 21 heavy (non-hydrogen) atoms. The molecule has 106 valence electrons. The monoisotopic (exact) mass is 282 g/mol. The molecule has 0 aliphatic rings. The van der Waals surface area contributed by atoms with E-state index in [1.165, 1.54) is 7.11 Å². The Labute approximate surface area is 122 Å². The van der Waals surface area contributed by atoms with E-state index in [1.54, 1.807) is 24.3 Å². The van der Waals surface area contributed by atoms with E-state index < -0.39 is 5.97 Å². The Bertz CT molecular complexity index is 654. The highest BCUT2D eigenvalue weighted by molar-refractivity contribution is 5.90. The van der Waals surface area contributed by atoms with Crippen LogP contribution in [0.3, 0.4) is 0 Å².